The molecule has 0 fully saturated rings. The maximum Gasteiger partial charge on any atom is 0.258 e. The number of para-hydroxylation sites is 1. The highest BCUT2D eigenvalue weighted by molar-refractivity contribution is 5.94. The normalized spacial score (nSPS) is 9.62. The van der Waals surface area contributed by atoms with Crippen LogP contribution in [0, 0.1) is 11.3 Å². The summed E-state index contributed by atoms with van der Waals surface area (Å²) in [5.74, 6) is -0.145. The highest BCUT2D eigenvalue weighted by Gasteiger charge is 2.07. The van der Waals surface area contributed by atoms with Crippen molar-refractivity contribution in [1.29, 1.82) is 5.26 Å². The summed E-state index contributed by atoms with van der Waals surface area (Å²) in [5.41, 5.74) is 0.945. The Balaban J connectivity index is 1.67. The smallest absolute Gasteiger partial charge is 0.258 e. The number of carbonyl (C=O) groups is 2. The third kappa shape index (κ3) is 5.14. The van der Waals surface area contributed by atoms with Crippen molar-refractivity contribution in [2.24, 2.45) is 0 Å². The quantitative estimate of drug-likeness (QED) is 0.755. The molecule has 2 rings (SSSR count). The summed E-state index contributed by atoms with van der Waals surface area (Å²) >= 11 is 0. The molecular weight excluding hydrogens is 306 g/mol. The fraction of sp³-hybridized carbons (Fsp3) is 0.167. The number of hydrogen-bond acceptors (Lipinski definition) is 4. The van der Waals surface area contributed by atoms with Crippen molar-refractivity contribution in [2.75, 3.05) is 19.7 Å². The van der Waals surface area contributed by atoms with E-state index >= 15 is 0 Å². The van der Waals surface area contributed by atoms with Gasteiger partial charge < -0.3 is 15.4 Å². The van der Waals surface area contributed by atoms with E-state index in [9.17, 15) is 9.59 Å². The van der Waals surface area contributed by atoms with Crippen LogP contribution < -0.4 is 15.4 Å². The Morgan fingerprint density at radius 3 is 2.38 bits per heavy atom. The minimum absolute atomic E-state index is 0.189. The summed E-state index contributed by atoms with van der Waals surface area (Å²) in [6.45, 7) is 0.417. The molecule has 0 aliphatic carbocycles. The first kappa shape index (κ1) is 17.0. The van der Waals surface area contributed by atoms with E-state index in [0.29, 0.717) is 30.0 Å². The molecule has 0 bridgehead atoms. The number of nitriles is 1. The van der Waals surface area contributed by atoms with Crippen molar-refractivity contribution >= 4 is 11.8 Å². The molecule has 2 N–H and O–H groups in total. The van der Waals surface area contributed by atoms with Gasteiger partial charge in [0, 0.05) is 18.7 Å². The Kier molecular flexibility index (Phi) is 6.35. The SMILES string of the molecule is N#Cc1ccccc1OCC(=O)NCCNC(=O)c1ccccc1. The first-order chi connectivity index (χ1) is 11.7. The van der Waals surface area contributed by atoms with Crippen LogP contribution in [0.25, 0.3) is 0 Å². The predicted octanol–water partition coefficient (Wildman–Crippen LogP) is 1.48. The van der Waals surface area contributed by atoms with E-state index in [-0.39, 0.29) is 18.4 Å². The molecule has 0 aliphatic rings. The third-order valence-electron chi connectivity index (χ3n) is 3.13. The van der Waals surface area contributed by atoms with Gasteiger partial charge in [0.25, 0.3) is 11.8 Å². The Morgan fingerprint density at radius 2 is 1.62 bits per heavy atom. The maximum atomic E-state index is 11.8. The third-order valence-corrected chi connectivity index (χ3v) is 3.13. The van der Waals surface area contributed by atoms with Crippen LogP contribution >= 0.6 is 0 Å². The second kappa shape index (κ2) is 8.96. The molecular formula is C18H17N3O3. The van der Waals surface area contributed by atoms with Crippen LogP contribution in [0.2, 0.25) is 0 Å². The zero-order valence-electron chi connectivity index (χ0n) is 13.0. The zero-order chi connectivity index (χ0) is 17.2. The molecule has 0 unspecified atom stereocenters. The molecule has 0 aliphatic heterocycles. The molecule has 2 amide bonds. The summed E-state index contributed by atoms with van der Waals surface area (Å²) in [6.07, 6.45) is 0. The van der Waals surface area contributed by atoms with Gasteiger partial charge in [-0.1, -0.05) is 30.3 Å². The largest absolute Gasteiger partial charge is 0.482 e. The number of rotatable bonds is 7. The molecule has 0 atom stereocenters. The molecule has 122 valence electrons. The fourth-order valence-corrected chi connectivity index (χ4v) is 1.95. The number of carbonyl (C=O) groups excluding carboxylic acids is 2. The molecule has 0 aromatic heterocycles. The highest BCUT2D eigenvalue weighted by Crippen LogP contribution is 2.15. The van der Waals surface area contributed by atoms with Gasteiger partial charge in [-0.25, -0.2) is 0 Å². The number of ether oxygens (including phenoxy) is 1. The second-order valence-electron chi connectivity index (χ2n) is 4.87. The minimum Gasteiger partial charge on any atom is -0.482 e. The molecule has 24 heavy (non-hydrogen) atoms. The van der Waals surface area contributed by atoms with Crippen LogP contribution in [0.3, 0.4) is 0 Å². The molecule has 2 aromatic rings. The van der Waals surface area contributed by atoms with Gasteiger partial charge in [0.05, 0.1) is 5.56 Å². The van der Waals surface area contributed by atoms with Crippen molar-refractivity contribution in [3.8, 4) is 11.8 Å². The van der Waals surface area contributed by atoms with Crippen molar-refractivity contribution in [3.05, 3.63) is 65.7 Å². The predicted molar refractivity (Wildman–Crippen MR) is 88.4 cm³/mol. The van der Waals surface area contributed by atoms with Crippen molar-refractivity contribution < 1.29 is 14.3 Å². The van der Waals surface area contributed by atoms with E-state index in [1.165, 1.54) is 0 Å². The average Bonchev–Trinajstić information content (AvgIpc) is 2.64. The lowest BCUT2D eigenvalue weighted by Gasteiger charge is -2.09. The summed E-state index contributed by atoms with van der Waals surface area (Å²) in [5, 5.41) is 14.3. The molecule has 0 saturated heterocycles. The molecule has 6 nitrogen and oxygen atoms in total. The molecule has 0 radical (unpaired) electrons. The Morgan fingerprint density at radius 1 is 0.958 bits per heavy atom. The van der Waals surface area contributed by atoms with E-state index < -0.39 is 0 Å². The van der Waals surface area contributed by atoms with Gasteiger partial charge in [-0.3, -0.25) is 9.59 Å². The van der Waals surface area contributed by atoms with Crippen LogP contribution in [0.1, 0.15) is 15.9 Å². The molecule has 0 heterocycles. The summed E-state index contributed by atoms with van der Waals surface area (Å²) in [7, 11) is 0. The number of nitrogens with one attached hydrogen (secondary N) is 2. The van der Waals surface area contributed by atoms with E-state index in [1.54, 1.807) is 48.5 Å². The highest BCUT2D eigenvalue weighted by atomic mass is 16.5. The van der Waals surface area contributed by atoms with E-state index in [0.717, 1.165) is 0 Å². The number of amides is 2. The van der Waals surface area contributed by atoms with Gasteiger partial charge in [-0.15, -0.1) is 0 Å². The number of benzene rings is 2. The molecule has 0 saturated carbocycles. The minimum atomic E-state index is -0.322. The van der Waals surface area contributed by atoms with Crippen molar-refractivity contribution in [2.45, 2.75) is 0 Å². The van der Waals surface area contributed by atoms with Gasteiger partial charge in [0.15, 0.2) is 6.61 Å². The van der Waals surface area contributed by atoms with Crippen LogP contribution in [0.15, 0.2) is 54.6 Å². The van der Waals surface area contributed by atoms with Crippen LogP contribution in [-0.2, 0) is 4.79 Å². The Hall–Kier alpha value is -3.33. The van der Waals surface area contributed by atoms with Gasteiger partial charge in [-0.2, -0.15) is 5.26 Å². The maximum absolute atomic E-state index is 11.8. The average molecular weight is 323 g/mol. The van der Waals surface area contributed by atoms with Gasteiger partial charge >= 0.3 is 0 Å². The molecule has 6 heteroatoms. The van der Waals surface area contributed by atoms with Gasteiger partial charge in [0.2, 0.25) is 0 Å². The van der Waals surface area contributed by atoms with Crippen LogP contribution in [0.4, 0.5) is 0 Å². The lowest BCUT2D eigenvalue weighted by Crippen LogP contribution is -2.36. The van der Waals surface area contributed by atoms with E-state index in [4.69, 9.17) is 10.00 Å². The Bertz CT molecular complexity index is 739. The summed E-state index contributed by atoms with van der Waals surface area (Å²) in [6, 6.07) is 17.5. The monoisotopic (exact) mass is 323 g/mol. The fourth-order valence-electron chi connectivity index (χ4n) is 1.95. The number of hydrogen-bond donors (Lipinski definition) is 2. The van der Waals surface area contributed by atoms with Gasteiger partial charge in [-0.05, 0) is 24.3 Å². The number of nitrogens with zero attached hydrogens (tertiary/aromatic N) is 1. The Labute approximate surface area is 140 Å². The standard InChI is InChI=1S/C18H17N3O3/c19-12-15-8-4-5-9-16(15)24-13-17(22)20-10-11-21-18(23)14-6-2-1-3-7-14/h1-9H,10-11,13H2,(H,20,22)(H,21,23). The lowest BCUT2D eigenvalue weighted by atomic mass is 10.2. The second-order valence-corrected chi connectivity index (χ2v) is 4.87. The topological polar surface area (TPSA) is 91.2 Å². The zero-order valence-corrected chi connectivity index (χ0v) is 13.0. The van der Waals surface area contributed by atoms with Gasteiger partial charge in [0.1, 0.15) is 11.8 Å². The summed E-state index contributed by atoms with van der Waals surface area (Å²) < 4.78 is 5.32. The lowest BCUT2D eigenvalue weighted by molar-refractivity contribution is -0.123. The van der Waals surface area contributed by atoms with Crippen LogP contribution in [0.5, 0.6) is 5.75 Å². The first-order valence-electron chi connectivity index (χ1n) is 7.42. The molecule has 0 spiro atoms. The van der Waals surface area contributed by atoms with E-state index in [2.05, 4.69) is 10.6 Å². The van der Waals surface area contributed by atoms with Crippen molar-refractivity contribution in [3.63, 3.8) is 0 Å². The van der Waals surface area contributed by atoms with Crippen molar-refractivity contribution in [1.82, 2.24) is 10.6 Å². The first-order valence-corrected chi connectivity index (χ1v) is 7.42. The molecule has 2 aromatic carbocycles. The van der Waals surface area contributed by atoms with E-state index in [1.807, 2.05) is 12.1 Å². The summed E-state index contributed by atoms with van der Waals surface area (Å²) in [4.78, 5) is 23.5. The van der Waals surface area contributed by atoms with Crippen LogP contribution in [-0.4, -0.2) is 31.5 Å².